The average molecular weight is 557 g/mol. The van der Waals surface area contributed by atoms with Gasteiger partial charge in [0.15, 0.2) is 0 Å². The second-order valence-electron chi connectivity index (χ2n) is 0.408. The molecule has 0 nitrogen and oxygen atoms in total. The van der Waals surface area contributed by atoms with Crippen molar-refractivity contribution in [2.24, 2.45) is 0 Å². The van der Waals surface area contributed by atoms with Crippen molar-refractivity contribution >= 4 is 40.5 Å². The van der Waals surface area contributed by atoms with Crippen molar-refractivity contribution in [1.82, 2.24) is 0 Å². The SMILES string of the molecule is [BH2][Mo][SiH3].[BiH3].[Ce].[Zn]. The van der Waals surface area contributed by atoms with Crippen LogP contribution in [0.15, 0.2) is 0 Å². The second kappa shape index (κ2) is 23.2. The molecular weight excluding hydrogens is 549 g/mol. The number of hydrogen-bond acceptors (Lipinski definition) is 0. The first-order valence-electron chi connectivity index (χ1n) is 0.816. The van der Waals surface area contributed by atoms with Gasteiger partial charge in [-0.15, -0.1) is 0 Å². The third-order valence-electron chi connectivity index (χ3n) is 0. The first kappa shape index (κ1) is 22.5. The smallest absolute Gasteiger partial charge is 0 e. The predicted molar refractivity (Wildman–Crippen MR) is 28.4 cm³/mol. The Kier molecular flexibility index (Phi) is 87.1. The van der Waals surface area contributed by atoms with E-state index in [0.29, 0.717) is 17.6 Å². The summed E-state index contributed by atoms with van der Waals surface area (Å²) in [6.07, 6.45) is 2.32. The summed E-state index contributed by atoms with van der Waals surface area (Å²) < 4.78 is 0. The summed E-state index contributed by atoms with van der Waals surface area (Å²) in [6.45, 7) is 0. The molecule has 0 rings (SSSR count). The summed E-state index contributed by atoms with van der Waals surface area (Å²) in [7, 11) is 1.50. The van der Waals surface area contributed by atoms with Gasteiger partial charge in [-0.25, -0.2) is 0 Å². The van der Waals surface area contributed by atoms with E-state index in [1.54, 1.807) is 0 Å². The van der Waals surface area contributed by atoms with Gasteiger partial charge < -0.3 is 0 Å². The Morgan fingerprint density at radius 3 is 1.50 bits per heavy atom. The molecule has 0 N–H and O–H groups in total. The van der Waals surface area contributed by atoms with Crippen molar-refractivity contribution in [3.05, 3.63) is 0 Å². The maximum atomic E-state index is 2.32. The van der Waals surface area contributed by atoms with Gasteiger partial charge in [-0.1, -0.05) is 0 Å². The predicted octanol–water partition coefficient (Wildman–Crippen LogP) is -3.29. The summed E-state index contributed by atoms with van der Waals surface area (Å²) in [6, 6.07) is 0. The molecule has 0 atom stereocenters. The van der Waals surface area contributed by atoms with E-state index in [-0.39, 0.29) is 87.4 Å². The Morgan fingerprint density at radius 2 is 1.50 bits per heavy atom. The molecular formula is H8BBiCeMoSiZn. The molecule has 32 valence electrons. The van der Waals surface area contributed by atoms with Gasteiger partial charge in [-0.05, 0) is 0 Å². The molecule has 0 unspecified atom stereocenters. The Hall–Kier alpha value is 3.85. The first-order chi connectivity index (χ1) is 1.41. The molecule has 0 aromatic carbocycles. The molecule has 6 heavy (non-hydrogen) atoms. The van der Waals surface area contributed by atoms with Crippen LogP contribution in [0, 0.1) is 41.7 Å². The van der Waals surface area contributed by atoms with E-state index in [9.17, 15) is 0 Å². The van der Waals surface area contributed by atoms with E-state index < -0.39 is 0 Å². The van der Waals surface area contributed by atoms with E-state index in [4.69, 9.17) is 0 Å². The fraction of sp³-hybridized carbons (Fsp3) is 0. The van der Waals surface area contributed by atoms with Gasteiger partial charge in [0.05, 0.1) is 0 Å². The number of rotatable bonds is 0. The van der Waals surface area contributed by atoms with Crippen LogP contribution in [0.4, 0.5) is 0 Å². The fourth-order valence-electron chi connectivity index (χ4n) is 0. The maximum Gasteiger partial charge on any atom is 0 e. The minimum absolute atomic E-state index is 0. The van der Waals surface area contributed by atoms with E-state index >= 15 is 0 Å². The summed E-state index contributed by atoms with van der Waals surface area (Å²) in [5, 5.41) is 0. The van der Waals surface area contributed by atoms with Crippen LogP contribution in [0.5, 0.6) is 0 Å². The Bertz CT molecular complexity index is 15.5. The van der Waals surface area contributed by atoms with E-state index in [2.05, 4.69) is 6.11 Å². The maximum absolute atomic E-state index is 2.32. The summed E-state index contributed by atoms with van der Waals surface area (Å²) in [4.78, 5) is 0. The van der Waals surface area contributed by atoms with Crippen LogP contribution in [0.2, 0.25) is 0 Å². The standard InChI is InChI=1S/BH2.Bi.Ce.Mo.H3Si.Zn.3H/h1H2;;;;1H3;;;;/q+1;;;-1;;;;;. The van der Waals surface area contributed by atoms with Crippen LogP contribution in [-0.4, -0.2) is 40.5 Å². The Labute approximate surface area is 116 Å². The van der Waals surface area contributed by atoms with Crippen molar-refractivity contribution in [3.63, 3.8) is 0 Å². The van der Waals surface area contributed by atoms with Crippen LogP contribution in [0.3, 0.4) is 0 Å². The van der Waals surface area contributed by atoms with Gasteiger partial charge in [0.1, 0.15) is 0 Å². The Morgan fingerprint density at radius 1 is 1.50 bits per heavy atom. The van der Waals surface area contributed by atoms with Crippen molar-refractivity contribution < 1.29 is 78.9 Å². The molecule has 0 fully saturated rings. The molecule has 0 saturated heterocycles. The van der Waals surface area contributed by atoms with Crippen LogP contribution < -0.4 is 0 Å². The zero-order chi connectivity index (χ0) is 2.71. The normalized spacial score (nSPS) is 3.33. The van der Waals surface area contributed by atoms with E-state index in [0.717, 1.165) is 0 Å². The summed E-state index contributed by atoms with van der Waals surface area (Å²) in [5.74, 6) is 0. The average Bonchev–Trinajstić information content (AvgIpc) is 0.918. The molecule has 0 radical (unpaired) electrons. The third-order valence-corrected chi connectivity index (χ3v) is 0. The second-order valence-corrected chi connectivity index (χ2v) is 7.25. The van der Waals surface area contributed by atoms with Crippen molar-refractivity contribution in [2.45, 2.75) is 0 Å². The largest absolute Gasteiger partial charge is 0 e. The van der Waals surface area contributed by atoms with E-state index in [1.165, 1.54) is 8.21 Å². The molecule has 0 spiro atoms. The molecule has 0 bridgehead atoms. The van der Waals surface area contributed by atoms with Crippen LogP contribution in [0.25, 0.3) is 0 Å². The monoisotopic (exact) mass is 558 g/mol. The topological polar surface area (TPSA) is 0 Å². The summed E-state index contributed by atoms with van der Waals surface area (Å²) >= 11 is 0.609. The van der Waals surface area contributed by atoms with Gasteiger partial charge in [-0.3, -0.25) is 0 Å². The van der Waals surface area contributed by atoms with Crippen molar-refractivity contribution in [2.75, 3.05) is 0 Å². The van der Waals surface area contributed by atoms with Gasteiger partial charge >= 0.3 is 58.2 Å². The molecule has 0 aliphatic carbocycles. The fourth-order valence-corrected chi connectivity index (χ4v) is 0. The van der Waals surface area contributed by atoms with Crippen molar-refractivity contribution in [3.8, 4) is 0 Å². The van der Waals surface area contributed by atoms with Crippen LogP contribution in [-0.2, 0) is 37.1 Å². The zero-order valence-electron chi connectivity index (χ0n) is 4.32. The Balaban J connectivity index is -0.00000000667. The molecule has 0 aromatic rings. The van der Waals surface area contributed by atoms with Gasteiger partial charge in [-0.2, -0.15) is 0 Å². The van der Waals surface area contributed by atoms with Gasteiger partial charge in [0.2, 0.25) is 0 Å². The quantitative estimate of drug-likeness (QED) is 0.274. The zero-order valence-corrected chi connectivity index (χ0v) is 19.9. The van der Waals surface area contributed by atoms with E-state index in [1.807, 2.05) is 0 Å². The van der Waals surface area contributed by atoms with Gasteiger partial charge in [0.25, 0.3) is 0 Å². The molecule has 0 saturated carbocycles. The van der Waals surface area contributed by atoms with Crippen LogP contribution >= 0.6 is 0 Å². The molecule has 0 amide bonds. The molecule has 0 aliphatic heterocycles. The third kappa shape index (κ3) is 24.8. The molecule has 6 heteroatoms. The minimum atomic E-state index is 0. The summed E-state index contributed by atoms with van der Waals surface area (Å²) in [5.41, 5.74) is 0. The molecule has 0 heterocycles. The molecule has 0 aliphatic rings. The molecule has 0 aromatic heterocycles. The van der Waals surface area contributed by atoms with Crippen LogP contribution in [0.1, 0.15) is 0 Å². The van der Waals surface area contributed by atoms with Crippen molar-refractivity contribution in [1.29, 1.82) is 0 Å². The first-order valence-corrected chi connectivity index (χ1v) is 9.66. The minimum Gasteiger partial charge on any atom is 0 e. The number of hydrogen-bond donors (Lipinski definition) is 0. The van der Waals surface area contributed by atoms with Gasteiger partial charge in [0, 0.05) is 61.2 Å².